The number of aryl methyl sites for hydroxylation is 1. The maximum Gasteiger partial charge on any atom is 0.127 e. The van der Waals surface area contributed by atoms with E-state index < -0.39 is 0 Å². The second kappa shape index (κ2) is 7.21. The van der Waals surface area contributed by atoms with Gasteiger partial charge in [-0.3, -0.25) is 0 Å². The van der Waals surface area contributed by atoms with Gasteiger partial charge >= 0.3 is 0 Å². The zero-order valence-electron chi connectivity index (χ0n) is 12.9. The highest BCUT2D eigenvalue weighted by Gasteiger charge is 2.27. The van der Waals surface area contributed by atoms with Gasteiger partial charge < -0.3 is 5.73 Å². The molecule has 0 radical (unpaired) electrons. The third-order valence-corrected chi connectivity index (χ3v) is 4.88. The molecule has 1 unspecified atom stereocenters. The average Bonchev–Trinajstić information content (AvgIpc) is 2.47. The van der Waals surface area contributed by atoms with Crippen LogP contribution in [0.5, 0.6) is 0 Å². The molecule has 112 valence electrons. The van der Waals surface area contributed by atoms with Crippen LogP contribution in [0.1, 0.15) is 69.0 Å². The van der Waals surface area contributed by atoms with Crippen LogP contribution in [0.15, 0.2) is 18.2 Å². The summed E-state index contributed by atoms with van der Waals surface area (Å²) in [6.07, 6.45) is 8.84. The first-order chi connectivity index (χ1) is 9.61. The van der Waals surface area contributed by atoms with Crippen LogP contribution < -0.4 is 5.73 Å². The van der Waals surface area contributed by atoms with Gasteiger partial charge in [-0.2, -0.15) is 0 Å². The van der Waals surface area contributed by atoms with Crippen molar-refractivity contribution in [1.29, 1.82) is 0 Å². The number of unbranched alkanes of at least 4 members (excludes halogenated alkanes) is 1. The smallest absolute Gasteiger partial charge is 0.127 e. The van der Waals surface area contributed by atoms with E-state index in [-0.39, 0.29) is 11.9 Å². The summed E-state index contributed by atoms with van der Waals surface area (Å²) in [5.74, 6) is 1.18. The summed E-state index contributed by atoms with van der Waals surface area (Å²) < 4.78 is 13.9. The molecule has 1 atom stereocenters. The molecule has 2 N–H and O–H groups in total. The SMILES string of the molecule is CCCCC1CCC(C(N)c2cc(C)ccc2F)CC1. The number of hydrogen-bond acceptors (Lipinski definition) is 1. The van der Waals surface area contributed by atoms with Crippen LogP contribution in [0.3, 0.4) is 0 Å². The van der Waals surface area contributed by atoms with E-state index in [4.69, 9.17) is 5.73 Å². The van der Waals surface area contributed by atoms with Crippen molar-refractivity contribution in [2.75, 3.05) is 0 Å². The molecular formula is C18H28FN. The van der Waals surface area contributed by atoms with E-state index in [0.29, 0.717) is 11.5 Å². The quantitative estimate of drug-likeness (QED) is 0.793. The van der Waals surface area contributed by atoms with Crippen LogP contribution in [0, 0.1) is 24.6 Å². The summed E-state index contributed by atoms with van der Waals surface area (Å²) in [6.45, 7) is 4.25. The molecule has 0 saturated heterocycles. The molecule has 0 spiro atoms. The van der Waals surface area contributed by atoms with E-state index in [2.05, 4.69) is 6.92 Å². The van der Waals surface area contributed by atoms with Crippen molar-refractivity contribution in [3.63, 3.8) is 0 Å². The molecule has 1 aromatic carbocycles. The molecule has 20 heavy (non-hydrogen) atoms. The van der Waals surface area contributed by atoms with Crippen molar-refractivity contribution >= 4 is 0 Å². The van der Waals surface area contributed by atoms with Gasteiger partial charge in [0.15, 0.2) is 0 Å². The van der Waals surface area contributed by atoms with E-state index in [9.17, 15) is 4.39 Å². The molecule has 0 amide bonds. The van der Waals surface area contributed by atoms with Gasteiger partial charge in [0, 0.05) is 11.6 Å². The summed E-state index contributed by atoms with van der Waals surface area (Å²) in [5, 5.41) is 0. The Labute approximate surface area is 122 Å². The molecule has 1 saturated carbocycles. The Bertz CT molecular complexity index is 421. The zero-order valence-corrected chi connectivity index (χ0v) is 12.9. The zero-order chi connectivity index (χ0) is 14.5. The summed E-state index contributed by atoms with van der Waals surface area (Å²) in [7, 11) is 0. The van der Waals surface area contributed by atoms with Crippen molar-refractivity contribution < 1.29 is 4.39 Å². The van der Waals surface area contributed by atoms with Gasteiger partial charge in [0.1, 0.15) is 5.82 Å². The Hall–Kier alpha value is -0.890. The summed E-state index contributed by atoms with van der Waals surface area (Å²) in [4.78, 5) is 0. The normalized spacial score (nSPS) is 24.6. The predicted molar refractivity (Wildman–Crippen MR) is 83.0 cm³/mol. The van der Waals surface area contributed by atoms with Gasteiger partial charge in [-0.25, -0.2) is 4.39 Å². The first-order valence-electron chi connectivity index (χ1n) is 8.13. The maximum atomic E-state index is 13.9. The molecule has 1 fully saturated rings. The number of rotatable bonds is 5. The number of benzene rings is 1. The first-order valence-corrected chi connectivity index (χ1v) is 8.13. The minimum atomic E-state index is -0.142. The molecule has 1 aliphatic carbocycles. The Balaban J connectivity index is 1.94. The molecule has 1 nitrogen and oxygen atoms in total. The topological polar surface area (TPSA) is 26.0 Å². The second-order valence-electron chi connectivity index (χ2n) is 6.47. The fraction of sp³-hybridized carbons (Fsp3) is 0.667. The lowest BCUT2D eigenvalue weighted by molar-refractivity contribution is 0.230. The van der Waals surface area contributed by atoms with Crippen molar-refractivity contribution in [2.45, 2.75) is 64.8 Å². The van der Waals surface area contributed by atoms with Crippen LogP contribution in [0.4, 0.5) is 4.39 Å². The van der Waals surface area contributed by atoms with E-state index in [1.54, 1.807) is 6.07 Å². The molecule has 2 heteroatoms. The highest BCUT2D eigenvalue weighted by Crippen LogP contribution is 2.38. The average molecular weight is 277 g/mol. The van der Waals surface area contributed by atoms with Crippen LogP contribution in [-0.2, 0) is 0 Å². The van der Waals surface area contributed by atoms with Crippen molar-refractivity contribution in [2.24, 2.45) is 17.6 Å². The molecule has 0 aromatic heterocycles. The van der Waals surface area contributed by atoms with Gasteiger partial charge in [0.05, 0.1) is 0 Å². The lowest BCUT2D eigenvalue weighted by Gasteiger charge is -2.32. The Morgan fingerprint density at radius 3 is 2.60 bits per heavy atom. The molecular weight excluding hydrogens is 249 g/mol. The Kier molecular flexibility index (Phi) is 5.59. The monoisotopic (exact) mass is 277 g/mol. The van der Waals surface area contributed by atoms with E-state index in [0.717, 1.165) is 24.3 Å². The fourth-order valence-electron chi connectivity index (χ4n) is 3.50. The molecule has 2 rings (SSSR count). The molecule has 1 aromatic rings. The second-order valence-corrected chi connectivity index (χ2v) is 6.47. The van der Waals surface area contributed by atoms with E-state index >= 15 is 0 Å². The summed E-state index contributed by atoms with van der Waals surface area (Å²) in [5.41, 5.74) is 8.15. The predicted octanol–water partition coefficient (Wildman–Crippen LogP) is 5.13. The summed E-state index contributed by atoms with van der Waals surface area (Å²) in [6, 6.07) is 5.15. The van der Waals surface area contributed by atoms with E-state index in [1.165, 1.54) is 32.1 Å². The third-order valence-electron chi connectivity index (χ3n) is 4.88. The molecule has 0 bridgehead atoms. The van der Waals surface area contributed by atoms with Crippen molar-refractivity contribution in [3.8, 4) is 0 Å². The van der Waals surface area contributed by atoms with Gasteiger partial charge in [-0.15, -0.1) is 0 Å². The minimum absolute atomic E-state index is 0.137. The van der Waals surface area contributed by atoms with E-state index in [1.807, 2.05) is 19.1 Å². The highest BCUT2D eigenvalue weighted by molar-refractivity contribution is 5.27. The minimum Gasteiger partial charge on any atom is -0.324 e. The van der Waals surface area contributed by atoms with Gasteiger partial charge in [-0.05, 0) is 37.7 Å². The lowest BCUT2D eigenvalue weighted by Crippen LogP contribution is -2.27. The van der Waals surface area contributed by atoms with Gasteiger partial charge in [0.2, 0.25) is 0 Å². The van der Waals surface area contributed by atoms with Crippen LogP contribution in [-0.4, -0.2) is 0 Å². The third kappa shape index (κ3) is 3.82. The highest BCUT2D eigenvalue weighted by atomic mass is 19.1. The number of halogens is 1. The lowest BCUT2D eigenvalue weighted by atomic mass is 9.75. The molecule has 0 aliphatic heterocycles. The standard InChI is InChI=1S/C18H28FN/c1-3-4-5-14-7-9-15(10-8-14)18(20)16-12-13(2)6-11-17(16)19/h6,11-12,14-15,18H,3-5,7-10,20H2,1-2H3. The van der Waals surface area contributed by atoms with Crippen LogP contribution >= 0.6 is 0 Å². The number of hydrogen-bond donors (Lipinski definition) is 1. The van der Waals surface area contributed by atoms with Crippen LogP contribution in [0.25, 0.3) is 0 Å². The summed E-state index contributed by atoms with van der Waals surface area (Å²) >= 11 is 0. The largest absolute Gasteiger partial charge is 0.324 e. The Morgan fingerprint density at radius 1 is 1.25 bits per heavy atom. The number of nitrogens with two attached hydrogens (primary N) is 1. The fourth-order valence-corrected chi connectivity index (χ4v) is 3.50. The van der Waals surface area contributed by atoms with Crippen molar-refractivity contribution in [3.05, 3.63) is 35.1 Å². The maximum absolute atomic E-state index is 13.9. The van der Waals surface area contributed by atoms with Gasteiger partial charge in [0.25, 0.3) is 0 Å². The first kappa shape index (κ1) is 15.5. The van der Waals surface area contributed by atoms with Crippen LogP contribution in [0.2, 0.25) is 0 Å². The van der Waals surface area contributed by atoms with Crippen molar-refractivity contribution in [1.82, 2.24) is 0 Å². The molecule has 1 aliphatic rings. The Morgan fingerprint density at radius 2 is 1.95 bits per heavy atom. The molecule has 0 heterocycles. The van der Waals surface area contributed by atoms with Gasteiger partial charge in [-0.1, -0.05) is 56.7 Å².